The lowest BCUT2D eigenvalue weighted by Gasteiger charge is -2.25. The molecule has 2 aromatic carbocycles. The summed E-state index contributed by atoms with van der Waals surface area (Å²) in [5.74, 6) is -0.256. The molecule has 0 aliphatic carbocycles. The Morgan fingerprint density at radius 1 is 1.15 bits per heavy atom. The normalized spacial score (nSPS) is 16.4. The van der Waals surface area contributed by atoms with Gasteiger partial charge in [-0.25, -0.2) is 9.40 Å². The second-order valence-corrected chi connectivity index (χ2v) is 7.14. The van der Waals surface area contributed by atoms with Gasteiger partial charge in [-0.05, 0) is 58.9 Å². The number of benzene rings is 2. The van der Waals surface area contributed by atoms with Crippen LogP contribution in [0.2, 0.25) is 0 Å². The molecule has 0 bridgehead atoms. The van der Waals surface area contributed by atoms with E-state index in [1.807, 2.05) is 47.8 Å². The molecule has 0 unspecified atom stereocenters. The van der Waals surface area contributed by atoms with Crippen LogP contribution in [-0.4, -0.2) is 15.8 Å². The summed E-state index contributed by atoms with van der Waals surface area (Å²) in [6.07, 6.45) is 0.677. The van der Waals surface area contributed by atoms with Crippen molar-refractivity contribution >= 4 is 40.1 Å². The highest BCUT2D eigenvalue weighted by Crippen LogP contribution is 2.34. The molecule has 1 aliphatic heterocycles. The van der Waals surface area contributed by atoms with E-state index in [-0.39, 0.29) is 11.9 Å². The zero-order valence-electron chi connectivity index (χ0n) is 13.8. The van der Waals surface area contributed by atoms with Gasteiger partial charge in [-0.3, -0.25) is 0 Å². The fourth-order valence-electron chi connectivity index (χ4n) is 2.98. The van der Waals surface area contributed by atoms with Crippen molar-refractivity contribution in [2.75, 3.05) is 5.32 Å². The maximum absolute atomic E-state index is 13.8. The SMILES string of the molecule is Fc1cccc([C@@H]2CC(c3ccsc3)=NN2C(=S)Nc2ccccc2)c1. The average molecular weight is 382 g/mol. The highest BCUT2D eigenvalue weighted by Gasteiger charge is 2.31. The minimum absolute atomic E-state index is 0.135. The van der Waals surface area contributed by atoms with E-state index < -0.39 is 0 Å². The molecule has 3 aromatic rings. The number of rotatable bonds is 3. The highest BCUT2D eigenvalue weighted by atomic mass is 32.1. The summed E-state index contributed by atoms with van der Waals surface area (Å²) in [6, 6.07) is 18.3. The molecule has 6 heteroatoms. The molecule has 130 valence electrons. The molecule has 0 amide bonds. The van der Waals surface area contributed by atoms with Gasteiger partial charge in [-0.2, -0.15) is 16.4 Å². The van der Waals surface area contributed by atoms with Crippen molar-refractivity contribution in [1.82, 2.24) is 5.01 Å². The third kappa shape index (κ3) is 3.52. The number of nitrogens with one attached hydrogen (secondary N) is 1. The van der Waals surface area contributed by atoms with Gasteiger partial charge in [0.05, 0.1) is 11.8 Å². The number of hydrogen-bond donors (Lipinski definition) is 1. The maximum atomic E-state index is 13.8. The summed E-state index contributed by atoms with van der Waals surface area (Å²) in [6.45, 7) is 0. The molecule has 1 aromatic heterocycles. The molecule has 0 saturated carbocycles. The average Bonchev–Trinajstić information content (AvgIpc) is 3.32. The van der Waals surface area contributed by atoms with E-state index in [0.29, 0.717) is 11.5 Å². The van der Waals surface area contributed by atoms with Gasteiger partial charge in [0.2, 0.25) is 0 Å². The largest absolute Gasteiger partial charge is 0.331 e. The van der Waals surface area contributed by atoms with E-state index in [2.05, 4.69) is 10.7 Å². The van der Waals surface area contributed by atoms with Crippen LogP contribution in [0.4, 0.5) is 10.1 Å². The van der Waals surface area contributed by atoms with Gasteiger partial charge in [0.25, 0.3) is 0 Å². The van der Waals surface area contributed by atoms with Crippen LogP contribution in [0.1, 0.15) is 23.6 Å². The van der Waals surface area contributed by atoms with Gasteiger partial charge in [-0.15, -0.1) is 0 Å². The first-order valence-corrected chi connectivity index (χ1v) is 9.56. The highest BCUT2D eigenvalue weighted by molar-refractivity contribution is 7.80. The monoisotopic (exact) mass is 381 g/mol. The van der Waals surface area contributed by atoms with Gasteiger partial charge >= 0.3 is 0 Å². The minimum Gasteiger partial charge on any atom is -0.331 e. The maximum Gasteiger partial charge on any atom is 0.194 e. The summed E-state index contributed by atoms with van der Waals surface area (Å²) >= 11 is 7.23. The lowest BCUT2D eigenvalue weighted by atomic mass is 10.00. The predicted molar refractivity (Wildman–Crippen MR) is 109 cm³/mol. The van der Waals surface area contributed by atoms with Crippen molar-refractivity contribution in [3.05, 3.63) is 88.4 Å². The third-order valence-electron chi connectivity index (χ3n) is 4.23. The van der Waals surface area contributed by atoms with Gasteiger partial charge in [0, 0.05) is 17.7 Å². The number of thiocarbonyl (C=S) groups is 1. The quantitative estimate of drug-likeness (QED) is 0.613. The van der Waals surface area contributed by atoms with E-state index in [9.17, 15) is 4.39 Å². The van der Waals surface area contributed by atoms with E-state index in [1.54, 1.807) is 28.5 Å². The van der Waals surface area contributed by atoms with Crippen molar-refractivity contribution in [2.24, 2.45) is 5.10 Å². The third-order valence-corrected chi connectivity index (χ3v) is 5.20. The molecule has 1 aliphatic rings. The van der Waals surface area contributed by atoms with E-state index in [1.165, 1.54) is 6.07 Å². The molecule has 1 atom stereocenters. The number of hydrogen-bond acceptors (Lipinski definition) is 3. The second-order valence-electron chi connectivity index (χ2n) is 5.97. The Kier molecular flexibility index (Phi) is 4.77. The Morgan fingerprint density at radius 3 is 2.73 bits per heavy atom. The van der Waals surface area contributed by atoms with E-state index in [0.717, 1.165) is 22.5 Å². The Labute approximate surface area is 160 Å². The van der Waals surface area contributed by atoms with Crippen molar-refractivity contribution < 1.29 is 4.39 Å². The molecule has 0 fully saturated rings. The van der Waals surface area contributed by atoms with Gasteiger partial charge < -0.3 is 5.32 Å². The zero-order valence-corrected chi connectivity index (χ0v) is 15.4. The van der Waals surface area contributed by atoms with Crippen LogP contribution in [0.3, 0.4) is 0 Å². The van der Waals surface area contributed by atoms with Crippen molar-refractivity contribution in [3.63, 3.8) is 0 Å². The Balaban J connectivity index is 1.65. The lowest BCUT2D eigenvalue weighted by Crippen LogP contribution is -2.31. The van der Waals surface area contributed by atoms with Crippen LogP contribution in [0.15, 0.2) is 76.5 Å². The number of hydrazone groups is 1. The topological polar surface area (TPSA) is 27.6 Å². The fourth-order valence-corrected chi connectivity index (χ4v) is 3.93. The minimum atomic E-state index is -0.256. The summed E-state index contributed by atoms with van der Waals surface area (Å²) in [5, 5.41) is 14.3. The van der Waals surface area contributed by atoms with Crippen LogP contribution in [0.25, 0.3) is 0 Å². The first-order valence-electron chi connectivity index (χ1n) is 8.21. The number of nitrogens with zero attached hydrogens (tertiary/aromatic N) is 2. The van der Waals surface area contributed by atoms with E-state index >= 15 is 0 Å². The first-order chi connectivity index (χ1) is 12.7. The Bertz CT molecular complexity index is 939. The lowest BCUT2D eigenvalue weighted by molar-refractivity contribution is 0.374. The summed E-state index contributed by atoms with van der Waals surface area (Å²) in [4.78, 5) is 0. The Morgan fingerprint density at radius 2 is 2.00 bits per heavy atom. The molecule has 3 nitrogen and oxygen atoms in total. The predicted octanol–water partition coefficient (Wildman–Crippen LogP) is 5.44. The number of thiophene rings is 1. The molecule has 0 spiro atoms. The summed E-state index contributed by atoms with van der Waals surface area (Å²) < 4.78 is 13.8. The van der Waals surface area contributed by atoms with Crippen molar-refractivity contribution in [1.29, 1.82) is 0 Å². The summed E-state index contributed by atoms with van der Waals surface area (Å²) in [5.41, 5.74) is 3.80. The van der Waals surface area contributed by atoms with Crippen LogP contribution in [0, 0.1) is 5.82 Å². The Hall–Kier alpha value is -2.57. The first kappa shape index (κ1) is 16.9. The van der Waals surface area contributed by atoms with E-state index in [4.69, 9.17) is 17.3 Å². The number of halogens is 1. The molecule has 0 saturated heterocycles. The number of anilines is 1. The molecular weight excluding hydrogens is 365 g/mol. The smallest absolute Gasteiger partial charge is 0.194 e. The van der Waals surface area contributed by atoms with Crippen LogP contribution < -0.4 is 5.32 Å². The zero-order chi connectivity index (χ0) is 17.9. The van der Waals surface area contributed by atoms with Crippen LogP contribution in [0.5, 0.6) is 0 Å². The standard InChI is InChI=1S/C20H16FN3S2/c21-16-6-4-5-14(11-16)19-12-18(15-9-10-26-13-15)23-24(19)20(25)22-17-7-2-1-3-8-17/h1-11,13,19H,12H2,(H,22,25)/t19-/m0/s1. The second kappa shape index (κ2) is 7.35. The molecule has 0 radical (unpaired) electrons. The van der Waals surface area contributed by atoms with Gasteiger partial charge in [0.1, 0.15) is 5.82 Å². The van der Waals surface area contributed by atoms with Crippen LogP contribution >= 0.6 is 23.6 Å². The van der Waals surface area contributed by atoms with Gasteiger partial charge in [-0.1, -0.05) is 30.3 Å². The van der Waals surface area contributed by atoms with Crippen molar-refractivity contribution in [3.8, 4) is 0 Å². The van der Waals surface area contributed by atoms with Gasteiger partial charge in [0.15, 0.2) is 5.11 Å². The molecule has 1 N–H and O–H groups in total. The molecule has 2 heterocycles. The number of para-hydroxylation sites is 1. The molecule has 26 heavy (non-hydrogen) atoms. The van der Waals surface area contributed by atoms with Crippen molar-refractivity contribution in [2.45, 2.75) is 12.5 Å². The molecular formula is C20H16FN3S2. The van der Waals surface area contributed by atoms with Crippen LogP contribution in [-0.2, 0) is 0 Å². The molecule has 4 rings (SSSR count). The summed E-state index contributed by atoms with van der Waals surface area (Å²) in [7, 11) is 0. The fraction of sp³-hybridized carbons (Fsp3) is 0.100.